The second-order valence-electron chi connectivity index (χ2n) is 3.87. The molecule has 86 valence electrons. The lowest BCUT2D eigenvalue weighted by molar-refractivity contribution is -0.167. The van der Waals surface area contributed by atoms with Crippen LogP contribution in [-0.2, 0) is 21.6 Å². The van der Waals surface area contributed by atoms with Gasteiger partial charge in [0.2, 0.25) is 0 Å². The molecule has 1 aromatic carbocycles. The maximum Gasteiger partial charge on any atom is 0.340 e. The first-order chi connectivity index (χ1) is 7.60. The van der Waals surface area contributed by atoms with Crippen LogP contribution in [0.1, 0.15) is 24.5 Å². The Morgan fingerprint density at radius 3 is 3.00 bits per heavy atom. The lowest BCUT2D eigenvalue weighted by atomic mass is 9.96. The molecule has 0 heterocycles. The second kappa shape index (κ2) is 3.87. The second-order valence-corrected chi connectivity index (χ2v) is 3.87. The van der Waals surface area contributed by atoms with Gasteiger partial charge in [-0.3, -0.25) is 0 Å². The summed E-state index contributed by atoms with van der Waals surface area (Å²) in [5, 5.41) is 9.29. The minimum atomic E-state index is -1.28. The number of hydrogen-bond donors (Lipinski definition) is 1. The first-order valence-electron chi connectivity index (χ1n) is 5.26. The lowest BCUT2D eigenvalue weighted by Gasteiger charge is -2.25. The summed E-state index contributed by atoms with van der Waals surface area (Å²) in [6.07, 6.45) is 0.911. The molecule has 1 atom stereocenters. The van der Waals surface area contributed by atoms with Crippen molar-refractivity contribution < 1.29 is 19.0 Å². The predicted octanol–water partition coefficient (Wildman–Crippen LogP) is 2.09. The van der Waals surface area contributed by atoms with E-state index in [4.69, 9.17) is 4.74 Å². The molecule has 0 bridgehead atoms. The molecule has 16 heavy (non-hydrogen) atoms. The van der Waals surface area contributed by atoms with Crippen LogP contribution in [0, 0.1) is 5.82 Å². The minimum absolute atomic E-state index is 0.323. The highest BCUT2D eigenvalue weighted by molar-refractivity contribution is 5.81. The molecule has 1 N–H and O–H groups in total. The third-order valence-electron chi connectivity index (χ3n) is 2.98. The Hall–Kier alpha value is -1.42. The van der Waals surface area contributed by atoms with Crippen molar-refractivity contribution in [1.29, 1.82) is 0 Å². The third kappa shape index (κ3) is 1.50. The predicted molar refractivity (Wildman–Crippen MR) is 55.7 cm³/mol. The fraction of sp³-hybridized carbons (Fsp3) is 0.417. The number of fused-ring (bicyclic) bond motifs is 1. The smallest absolute Gasteiger partial charge is 0.340 e. The summed E-state index contributed by atoms with van der Waals surface area (Å²) in [5.74, 6) is -1.34. The van der Waals surface area contributed by atoms with Crippen molar-refractivity contribution in [2.24, 2.45) is 0 Å². The summed E-state index contributed by atoms with van der Waals surface area (Å²) >= 11 is 0. The van der Waals surface area contributed by atoms with Crippen LogP contribution in [0.4, 0.5) is 4.39 Å². The molecular weight excluding hydrogens is 211 g/mol. The molecule has 0 saturated heterocycles. The molecule has 0 fully saturated rings. The van der Waals surface area contributed by atoms with Crippen molar-refractivity contribution in [2.75, 3.05) is 6.61 Å². The van der Waals surface area contributed by atoms with Crippen molar-refractivity contribution in [3.8, 4) is 0 Å². The van der Waals surface area contributed by atoms with Crippen LogP contribution in [0.5, 0.6) is 0 Å². The molecule has 1 aliphatic carbocycles. The molecule has 4 heteroatoms. The molecule has 3 nitrogen and oxygen atoms in total. The van der Waals surface area contributed by atoms with E-state index in [2.05, 4.69) is 0 Å². The molecule has 0 aliphatic heterocycles. The maximum atomic E-state index is 13.0. The van der Waals surface area contributed by atoms with E-state index in [1.54, 1.807) is 6.92 Å². The molecule has 0 spiro atoms. The normalized spacial score (nSPS) is 23.1. The molecule has 0 amide bonds. The number of benzene rings is 1. The van der Waals surface area contributed by atoms with Crippen molar-refractivity contribution in [3.05, 3.63) is 35.1 Å². The van der Waals surface area contributed by atoms with Crippen molar-refractivity contribution in [3.63, 3.8) is 0 Å². The molecule has 1 aromatic rings. The van der Waals surface area contributed by atoms with Crippen LogP contribution >= 0.6 is 0 Å². The van der Waals surface area contributed by atoms with Crippen LogP contribution in [-0.4, -0.2) is 17.7 Å². The summed E-state index contributed by atoms with van der Waals surface area (Å²) in [6.45, 7) is 2.08. The first-order valence-corrected chi connectivity index (χ1v) is 5.26. The van der Waals surface area contributed by atoms with E-state index in [1.165, 1.54) is 18.2 Å². The minimum Gasteiger partial charge on any atom is -0.479 e. The van der Waals surface area contributed by atoms with E-state index in [0.717, 1.165) is 5.56 Å². The fourth-order valence-corrected chi connectivity index (χ4v) is 2.29. The first kappa shape index (κ1) is 11.1. The van der Waals surface area contributed by atoms with Crippen LogP contribution in [0.3, 0.4) is 0 Å². The van der Waals surface area contributed by atoms with Gasteiger partial charge in [-0.25, -0.2) is 9.18 Å². The Morgan fingerprint density at radius 2 is 2.38 bits per heavy atom. The zero-order valence-electron chi connectivity index (χ0n) is 9.00. The lowest BCUT2D eigenvalue weighted by Crippen LogP contribution is -2.36. The fourth-order valence-electron chi connectivity index (χ4n) is 2.29. The number of halogens is 1. The summed E-state index contributed by atoms with van der Waals surface area (Å²) in [5.41, 5.74) is 0.0386. The highest BCUT2D eigenvalue weighted by Crippen LogP contribution is 2.40. The largest absolute Gasteiger partial charge is 0.479 e. The van der Waals surface area contributed by atoms with Gasteiger partial charge >= 0.3 is 5.97 Å². The van der Waals surface area contributed by atoms with Crippen LogP contribution < -0.4 is 0 Å². The Labute approximate surface area is 92.9 Å². The SMILES string of the molecule is CCOC1(C(=O)O)CCc2cc(F)ccc21. The quantitative estimate of drug-likeness (QED) is 0.855. The number of hydrogen-bond acceptors (Lipinski definition) is 2. The number of carbonyl (C=O) groups is 1. The van der Waals surface area contributed by atoms with Gasteiger partial charge in [-0.05, 0) is 43.0 Å². The molecule has 0 aromatic heterocycles. The summed E-state index contributed by atoms with van der Waals surface area (Å²) in [7, 11) is 0. The van der Waals surface area contributed by atoms with Gasteiger partial charge in [0.25, 0.3) is 0 Å². The molecule has 1 aliphatic rings. The monoisotopic (exact) mass is 224 g/mol. The van der Waals surface area contributed by atoms with Gasteiger partial charge in [0.15, 0.2) is 5.60 Å². The van der Waals surface area contributed by atoms with Gasteiger partial charge < -0.3 is 9.84 Å². The van der Waals surface area contributed by atoms with Gasteiger partial charge in [0, 0.05) is 6.61 Å². The zero-order valence-corrected chi connectivity index (χ0v) is 9.00. The third-order valence-corrected chi connectivity index (χ3v) is 2.98. The number of carboxylic acid groups (broad SMARTS) is 1. The van der Waals surface area contributed by atoms with Gasteiger partial charge in [0.1, 0.15) is 5.82 Å². The average molecular weight is 224 g/mol. The van der Waals surface area contributed by atoms with Crippen molar-refractivity contribution >= 4 is 5.97 Å². The standard InChI is InChI=1S/C12H13FO3/c1-2-16-12(11(14)15)6-5-8-7-9(13)3-4-10(8)12/h3-4,7H,2,5-6H2,1H3,(H,14,15). The summed E-state index contributed by atoms with van der Waals surface area (Å²) in [4.78, 5) is 11.3. The molecule has 1 unspecified atom stereocenters. The molecular formula is C12H13FO3. The number of aliphatic carboxylic acids is 1. The number of ether oxygens (including phenoxy) is 1. The highest BCUT2D eigenvalue weighted by atomic mass is 19.1. The van der Waals surface area contributed by atoms with E-state index in [9.17, 15) is 14.3 Å². The van der Waals surface area contributed by atoms with E-state index in [0.29, 0.717) is 25.0 Å². The van der Waals surface area contributed by atoms with Crippen LogP contribution in [0.2, 0.25) is 0 Å². The van der Waals surface area contributed by atoms with E-state index < -0.39 is 11.6 Å². The van der Waals surface area contributed by atoms with Crippen LogP contribution in [0.15, 0.2) is 18.2 Å². The summed E-state index contributed by atoms with van der Waals surface area (Å²) in [6, 6.07) is 4.18. The Morgan fingerprint density at radius 1 is 1.62 bits per heavy atom. The van der Waals surface area contributed by atoms with Gasteiger partial charge in [-0.15, -0.1) is 0 Å². The van der Waals surface area contributed by atoms with Crippen LogP contribution in [0.25, 0.3) is 0 Å². The van der Waals surface area contributed by atoms with Crippen molar-refractivity contribution in [1.82, 2.24) is 0 Å². The number of carboxylic acids is 1. The maximum absolute atomic E-state index is 13.0. The Kier molecular flexibility index (Phi) is 2.68. The Bertz CT molecular complexity index is 430. The average Bonchev–Trinajstić information content (AvgIpc) is 2.58. The molecule has 2 rings (SSSR count). The topological polar surface area (TPSA) is 46.5 Å². The number of aryl methyl sites for hydroxylation is 1. The summed E-state index contributed by atoms with van der Waals surface area (Å²) < 4.78 is 18.4. The van der Waals surface area contributed by atoms with Gasteiger partial charge in [-0.1, -0.05) is 6.07 Å². The highest BCUT2D eigenvalue weighted by Gasteiger charge is 2.46. The molecule has 0 radical (unpaired) electrons. The van der Waals surface area contributed by atoms with Gasteiger partial charge in [0.05, 0.1) is 0 Å². The van der Waals surface area contributed by atoms with E-state index >= 15 is 0 Å². The Balaban J connectivity index is 2.50. The van der Waals surface area contributed by atoms with Gasteiger partial charge in [-0.2, -0.15) is 0 Å². The van der Waals surface area contributed by atoms with E-state index in [1.807, 2.05) is 0 Å². The molecule has 0 saturated carbocycles. The number of rotatable bonds is 3. The van der Waals surface area contributed by atoms with E-state index in [-0.39, 0.29) is 5.82 Å². The van der Waals surface area contributed by atoms with Crippen molar-refractivity contribution in [2.45, 2.75) is 25.4 Å². The zero-order chi connectivity index (χ0) is 11.8.